The highest BCUT2D eigenvalue weighted by atomic mass is 35.5. The van der Waals surface area contributed by atoms with Gasteiger partial charge in [-0.25, -0.2) is 4.98 Å². The monoisotopic (exact) mass is 372 g/mol. The molecule has 0 aliphatic carbocycles. The van der Waals surface area contributed by atoms with Crippen molar-refractivity contribution in [1.29, 1.82) is 0 Å². The van der Waals surface area contributed by atoms with E-state index >= 15 is 0 Å². The lowest BCUT2D eigenvalue weighted by Gasteiger charge is -2.33. The van der Waals surface area contributed by atoms with Crippen molar-refractivity contribution in [2.75, 3.05) is 4.90 Å². The molecule has 132 valence electrons. The second-order valence-electron chi connectivity index (χ2n) is 6.00. The molecule has 0 aliphatic heterocycles. The third-order valence-corrected chi connectivity index (χ3v) is 4.46. The molecule has 27 heavy (non-hydrogen) atoms. The van der Waals surface area contributed by atoms with E-state index in [1.165, 1.54) is 0 Å². The van der Waals surface area contributed by atoms with Crippen molar-refractivity contribution in [1.82, 2.24) is 15.0 Å². The Balaban J connectivity index is 1.94. The van der Waals surface area contributed by atoms with Crippen LogP contribution in [0.25, 0.3) is 0 Å². The predicted molar refractivity (Wildman–Crippen MR) is 108 cm³/mol. The summed E-state index contributed by atoms with van der Waals surface area (Å²) in [7, 11) is 0. The SMILES string of the molecule is Clc1cccc(N(c2cccnc2)C(c2ccccc2)c2cccnc2)n1. The summed E-state index contributed by atoms with van der Waals surface area (Å²) >= 11 is 6.21. The third-order valence-electron chi connectivity index (χ3n) is 4.24. The quantitative estimate of drug-likeness (QED) is 0.437. The van der Waals surface area contributed by atoms with Crippen LogP contribution in [-0.4, -0.2) is 15.0 Å². The zero-order valence-electron chi connectivity index (χ0n) is 14.5. The van der Waals surface area contributed by atoms with E-state index in [0.717, 1.165) is 22.6 Å². The first kappa shape index (κ1) is 17.2. The number of halogens is 1. The lowest BCUT2D eigenvalue weighted by atomic mass is 9.97. The van der Waals surface area contributed by atoms with Crippen LogP contribution in [0.1, 0.15) is 17.2 Å². The molecular formula is C22H17ClN4. The van der Waals surface area contributed by atoms with E-state index in [0.29, 0.717) is 5.15 Å². The van der Waals surface area contributed by atoms with Crippen LogP contribution in [0.4, 0.5) is 11.5 Å². The molecule has 0 bridgehead atoms. The van der Waals surface area contributed by atoms with E-state index < -0.39 is 0 Å². The maximum absolute atomic E-state index is 6.21. The summed E-state index contributed by atoms with van der Waals surface area (Å²) in [4.78, 5) is 15.3. The van der Waals surface area contributed by atoms with Gasteiger partial charge >= 0.3 is 0 Å². The van der Waals surface area contributed by atoms with Gasteiger partial charge in [0.1, 0.15) is 11.0 Å². The highest BCUT2D eigenvalue weighted by Gasteiger charge is 2.26. The molecule has 4 rings (SSSR count). The number of nitrogens with zero attached hydrogens (tertiary/aromatic N) is 4. The molecule has 1 unspecified atom stereocenters. The van der Waals surface area contributed by atoms with Crippen LogP contribution in [0.15, 0.2) is 97.6 Å². The third kappa shape index (κ3) is 3.81. The Hall–Kier alpha value is -3.24. The number of benzene rings is 1. The van der Waals surface area contributed by atoms with E-state index in [4.69, 9.17) is 11.6 Å². The predicted octanol–water partition coefficient (Wildman–Crippen LogP) is 5.45. The van der Waals surface area contributed by atoms with Gasteiger partial charge in [0.15, 0.2) is 0 Å². The van der Waals surface area contributed by atoms with Gasteiger partial charge in [0.2, 0.25) is 0 Å². The molecule has 4 aromatic rings. The smallest absolute Gasteiger partial charge is 0.135 e. The second-order valence-corrected chi connectivity index (χ2v) is 6.39. The van der Waals surface area contributed by atoms with Crippen molar-refractivity contribution in [3.63, 3.8) is 0 Å². The molecule has 5 heteroatoms. The Morgan fingerprint density at radius 3 is 2.11 bits per heavy atom. The number of anilines is 2. The Labute approximate surface area is 163 Å². The Bertz CT molecular complexity index is 955. The zero-order chi connectivity index (χ0) is 18.5. The number of aromatic nitrogens is 3. The molecule has 0 spiro atoms. The average molecular weight is 373 g/mol. The molecule has 0 N–H and O–H groups in total. The molecule has 1 aromatic carbocycles. The summed E-state index contributed by atoms with van der Waals surface area (Å²) < 4.78 is 0. The summed E-state index contributed by atoms with van der Waals surface area (Å²) in [6.45, 7) is 0. The van der Waals surface area contributed by atoms with E-state index in [1.54, 1.807) is 18.5 Å². The maximum Gasteiger partial charge on any atom is 0.135 e. The summed E-state index contributed by atoms with van der Waals surface area (Å²) in [6, 6.07) is 23.7. The van der Waals surface area contributed by atoms with Crippen LogP contribution in [0, 0.1) is 0 Å². The van der Waals surface area contributed by atoms with E-state index in [1.807, 2.05) is 60.9 Å². The summed E-state index contributed by atoms with van der Waals surface area (Å²) in [5.41, 5.74) is 3.09. The lowest BCUT2D eigenvalue weighted by Crippen LogP contribution is -2.26. The largest absolute Gasteiger partial charge is 0.313 e. The van der Waals surface area contributed by atoms with Crippen molar-refractivity contribution in [3.8, 4) is 0 Å². The molecule has 0 fully saturated rings. The van der Waals surface area contributed by atoms with Gasteiger partial charge in [-0.1, -0.05) is 54.1 Å². The van der Waals surface area contributed by atoms with E-state index in [-0.39, 0.29) is 6.04 Å². The van der Waals surface area contributed by atoms with Gasteiger partial charge in [-0.2, -0.15) is 0 Å². The van der Waals surface area contributed by atoms with Crippen molar-refractivity contribution in [2.45, 2.75) is 6.04 Å². The van der Waals surface area contributed by atoms with E-state index in [2.05, 4.69) is 38.1 Å². The summed E-state index contributed by atoms with van der Waals surface area (Å²) in [5, 5.41) is 0.444. The van der Waals surface area contributed by atoms with Gasteiger partial charge in [-0.3, -0.25) is 9.97 Å². The fourth-order valence-corrected chi connectivity index (χ4v) is 3.26. The van der Waals surface area contributed by atoms with E-state index in [9.17, 15) is 0 Å². The minimum Gasteiger partial charge on any atom is -0.313 e. The molecule has 3 aromatic heterocycles. The minimum atomic E-state index is -0.130. The standard InChI is InChI=1S/C22H17ClN4/c23-20-11-4-12-21(26-20)27(19-10-6-14-25-16-19)22(17-7-2-1-3-8-17)18-9-5-13-24-15-18/h1-16,22H. The van der Waals surface area contributed by atoms with Gasteiger partial charge in [-0.05, 0) is 41.5 Å². The van der Waals surface area contributed by atoms with Gasteiger partial charge in [0.25, 0.3) is 0 Å². The number of rotatable bonds is 5. The highest BCUT2D eigenvalue weighted by molar-refractivity contribution is 6.29. The highest BCUT2D eigenvalue weighted by Crippen LogP contribution is 2.38. The first-order chi connectivity index (χ1) is 13.3. The van der Waals surface area contributed by atoms with Gasteiger partial charge in [0.05, 0.1) is 17.9 Å². The first-order valence-electron chi connectivity index (χ1n) is 8.59. The van der Waals surface area contributed by atoms with Crippen LogP contribution in [0.5, 0.6) is 0 Å². The molecule has 3 heterocycles. The van der Waals surface area contributed by atoms with Crippen LogP contribution in [0.2, 0.25) is 5.15 Å². The van der Waals surface area contributed by atoms with Gasteiger partial charge in [-0.15, -0.1) is 0 Å². The van der Waals surface area contributed by atoms with Crippen molar-refractivity contribution in [3.05, 3.63) is 114 Å². The summed E-state index contributed by atoms with van der Waals surface area (Å²) in [6.07, 6.45) is 7.24. The topological polar surface area (TPSA) is 41.9 Å². The number of pyridine rings is 3. The Morgan fingerprint density at radius 2 is 1.44 bits per heavy atom. The van der Waals surface area contributed by atoms with Crippen LogP contribution < -0.4 is 4.90 Å². The average Bonchev–Trinajstić information content (AvgIpc) is 2.74. The fraction of sp³-hybridized carbons (Fsp3) is 0.0455. The fourth-order valence-electron chi connectivity index (χ4n) is 3.11. The molecule has 0 amide bonds. The molecule has 0 aliphatic rings. The first-order valence-corrected chi connectivity index (χ1v) is 8.97. The van der Waals surface area contributed by atoms with Crippen LogP contribution >= 0.6 is 11.6 Å². The normalized spacial score (nSPS) is 11.7. The van der Waals surface area contributed by atoms with Crippen molar-refractivity contribution >= 4 is 23.1 Å². The second kappa shape index (κ2) is 7.98. The van der Waals surface area contributed by atoms with Crippen molar-refractivity contribution in [2.24, 2.45) is 0 Å². The molecule has 0 saturated heterocycles. The zero-order valence-corrected chi connectivity index (χ0v) is 15.2. The van der Waals surface area contributed by atoms with Crippen LogP contribution in [-0.2, 0) is 0 Å². The molecule has 1 atom stereocenters. The minimum absolute atomic E-state index is 0.130. The van der Waals surface area contributed by atoms with Crippen molar-refractivity contribution < 1.29 is 0 Å². The Morgan fingerprint density at radius 1 is 0.704 bits per heavy atom. The molecular weight excluding hydrogens is 356 g/mol. The maximum atomic E-state index is 6.21. The molecule has 0 saturated carbocycles. The lowest BCUT2D eigenvalue weighted by molar-refractivity contribution is 0.799. The number of hydrogen-bond donors (Lipinski definition) is 0. The number of hydrogen-bond acceptors (Lipinski definition) is 4. The van der Waals surface area contributed by atoms with Crippen LogP contribution in [0.3, 0.4) is 0 Å². The molecule has 0 radical (unpaired) electrons. The van der Waals surface area contributed by atoms with Gasteiger partial charge < -0.3 is 4.90 Å². The van der Waals surface area contributed by atoms with Gasteiger partial charge in [0, 0.05) is 18.6 Å². The molecule has 4 nitrogen and oxygen atoms in total. The Kier molecular flexibility index (Phi) is 5.08. The summed E-state index contributed by atoms with van der Waals surface area (Å²) in [5.74, 6) is 0.744.